The van der Waals surface area contributed by atoms with Gasteiger partial charge in [-0.05, 0) is 36.8 Å². The maximum absolute atomic E-state index is 5.49. The molecule has 2 nitrogen and oxygen atoms in total. The molecule has 0 amide bonds. The first-order valence-corrected chi connectivity index (χ1v) is 6.10. The standard InChI is InChI=1S/C15H19NO/c1-12(2)17-10-9-16-15-8-7-13-5-3-4-6-14(13)11-15/h3-8,11-12,16H,9-10H2,1-2H3. The highest BCUT2D eigenvalue weighted by Gasteiger charge is 1.96. The Kier molecular flexibility index (Phi) is 3.99. The fourth-order valence-electron chi connectivity index (χ4n) is 1.79. The van der Waals surface area contributed by atoms with Gasteiger partial charge in [0.1, 0.15) is 0 Å². The molecule has 0 heterocycles. The van der Waals surface area contributed by atoms with E-state index in [0.29, 0.717) is 6.10 Å². The van der Waals surface area contributed by atoms with Crippen LogP contribution in [0.4, 0.5) is 5.69 Å². The molecule has 0 fully saturated rings. The average Bonchev–Trinajstić information content (AvgIpc) is 2.34. The van der Waals surface area contributed by atoms with E-state index in [2.05, 4.69) is 61.6 Å². The van der Waals surface area contributed by atoms with Crippen LogP contribution < -0.4 is 5.32 Å². The molecular weight excluding hydrogens is 210 g/mol. The lowest BCUT2D eigenvalue weighted by atomic mass is 10.1. The third kappa shape index (κ3) is 3.46. The third-order valence-electron chi connectivity index (χ3n) is 2.63. The summed E-state index contributed by atoms with van der Waals surface area (Å²) < 4.78 is 5.49. The van der Waals surface area contributed by atoms with E-state index in [4.69, 9.17) is 4.74 Å². The molecular formula is C15H19NO. The summed E-state index contributed by atoms with van der Waals surface area (Å²) in [6.45, 7) is 5.69. The summed E-state index contributed by atoms with van der Waals surface area (Å²) in [5.41, 5.74) is 1.15. The third-order valence-corrected chi connectivity index (χ3v) is 2.63. The lowest BCUT2D eigenvalue weighted by molar-refractivity contribution is 0.0870. The Bertz CT molecular complexity index is 479. The summed E-state index contributed by atoms with van der Waals surface area (Å²) in [5.74, 6) is 0. The Hall–Kier alpha value is -1.54. The van der Waals surface area contributed by atoms with Gasteiger partial charge in [0, 0.05) is 12.2 Å². The van der Waals surface area contributed by atoms with Crippen LogP contribution in [0.5, 0.6) is 0 Å². The minimum atomic E-state index is 0.299. The van der Waals surface area contributed by atoms with Crippen LogP contribution >= 0.6 is 0 Å². The molecule has 0 saturated carbocycles. The van der Waals surface area contributed by atoms with Crippen LogP contribution in [0.2, 0.25) is 0 Å². The van der Waals surface area contributed by atoms with Gasteiger partial charge in [0.05, 0.1) is 12.7 Å². The summed E-state index contributed by atoms with van der Waals surface area (Å²) in [5, 5.41) is 5.91. The van der Waals surface area contributed by atoms with E-state index in [9.17, 15) is 0 Å². The lowest BCUT2D eigenvalue weighted by Crippen LogP contribution is -2.13. The molecule has 90 valence electrons. The summed E-state index contributed by atoms with van der Waals surface area (Å²) in [6, 6.07) is 14.8. The van der Waals surface area contributed by atoms with Gasteiger partial charge in [-0.15, -0.1) is 0 Å². The lowest BCUT2D eigenvalue weighted by Gasteiger charge is -2.10. The Balaban J connectivity index is 1.95. The normalized spacial score (nSPS) is 11.0. The van der Waals surface area contributed by atoms with Gasteiger partial charge >= 0.3 is 0 Å². The Morgan fingerprint density at radius 3 is 2.59 bits per heavy atom. The number of hydrogen-bond donors (Lipinski definition) is 1. The fourth-order valence-corrected chi connectivity index (χ4v) is 1.79. The molecule has 0 aliphatic heterocycles. The van der Waals surface area contributed by atoms with E-state index < -0.39 is 0 Å². The molecule has 0 bridgehead atoms. The molecule has 2 rings (SSSR count). The predicted octanol–water partition coefficient (Wildman–Crippen LogP) is 3.68. The second-order valence-electron chi connectivity index (χ2n) is 4.41. The van der Waals surface area contributed by atoms with Crippen LogP contribution in [-0.2, 0) is 4.74 Å². The maximum Gasteiger partial charge on any atom is 0.0642 e. The minimum Gasteiger partial charge on any atom is -0.383 e. The highest BCUT2D eigenvalue weighted by molar-refractivity contribution is 5.85. The zero-order chi connectivity index (χ0) is 12.1. The highest BCUT2D eigenvalue weighted by atomic mass is 16.5. The number of hydrogen-bond acceptors (Lipinski definition) is 2. The van der Waals surface area contributed by atoms with E-state index in [1.807, 2.05) is 0 Å². The second-order valence-corrected chi connectivity index (χ2v) is 4.41. The van der Waals surface area contributed by atoms with Crippen LogP contribution in [0.1, 0.15) is 13.8 Å². The fraction of sp³-hybridized carbons (Fsp3) is 0.333. The van der Waals surface area contributed by atoms with Crippen molar-refractivity contribution < 1.29 is 4.74 Å². The van der Waals surface area contributed by atoms with E-state index >= 15 is 0 Å². The van der Waals surface area contributed by atoms with Gasteiger partial charge in [0.15, 0.2) is 0 Å². The van der Waals surface area contributed by atoms with Crippen LogP contribution in [0.3, 0.4) is 0 Å². The van der Waals surface area contributed by atoms with Crippen molar-refractivity contribution in [3.05, 3.63) is 42.5 Å². The zero-order valence-corrected chi connectivity index (χ0v) is 10.4. The van der Waals surface area contributed by atoms with Gasteiger partial charge in [-0.2, -0.15) is 0 Å². The Morgan fingerprint density at radius 2 is 1.82 bits per heavy atom. The van der Waals surface area contributed by atoms with Crippen molar-refractivity contribution in [1.29, 1.82) is 0 Å². The van der Waals surface area contributed by atoms with Crippen molar-refractivity contribution in [3.63, 3.8) is 0 Å². The molecule has 0 saturated heterocycles. The summed E-state index contributed by atoms with van der Waals surface area (Å²) in [4.78, 5) is 0. The largest absolute Gasteiger partial charge is 0.383 e. The molecule has 2 aromatic rings. The zero-order valence-electron chi connectivity index (χ0n) is 10.4. The van der Waals surface area contributed by atoms with Gasteiger partial charge < -0.3 is 10.1 Å². The van der Waals surface area contributed by atoms with Gasteiger partial charge in [-0.25, -0.2) is 0 Å². The topological polar surface area (TPSA) is 21.3 Å². The van der Waals surface area contributed by atoms with Crippen molar-refractivity contribution in [3.8, 4) is 0 Å². The first-order chi connectivity index (χ1) is 8.25. The number of anilines is 1. The first kappa shape index (κ1) is 11.9. The van der Waals surface area contributed by atoms with Crippen molar-refractivity contribution in [1.82, 2.24) is 0 Å². The molecule has 0 aliphatic rings. The molecule has 2 heteroatoms. The number of ether oxygens (including phenoxy) is 1. The molecule has 1 N–H and O–H groups in total. The molecule has 2 aromatic carbocycles. The number of rotatable bonds is 5. The van der Waals surface area contributed by atoms with Gasteiger partial charge in [0.2, 0.25) is 0 Å². The van der Waals surface area contributed by atoms with Gasteiger partial charge in [-0.3, -0.25) is 0 Å². The smallest absolute Gasteiger partial charge is 0.0642 e. The SMILES string of the molecule is CC(C)OCCNc1ccc2ccccc2c1. The predicted molar refractivity (Wildman–Crippen MR) is 73.5 cm³/mol. The monoisotopic (exact) mass is 229 g/mol. The van der Waals surface area contributed by atoms with Crippen molar-refractivity contribution in [2.75, 3.05) is 18.5 Å². The Morgan fingerprint density at radius 1 is 1.06 bits per heavy atom. The van der Waals surface area contributed by atoms with Crippen LogP contribution in [0.25, 0.3) is 10.8 Å². The Labute approximate surface area is 103 Å². The van der Waals surface area contributed by atoms with Gasteiger partial charge in [-0.1, -0.05) is 30.3 Å². The molecule has 0 aliphatic carbocycles. The molecule has 0 spiro atoms. The first-order valence-electron chi connectivity index (χ1n) is 6.10. The van der Waals surface area contributed by atoms with Crippen LogP contribution in [0.15, 0.2) is 42.5 Å². The minimum absolute atomic E-state index is 0.299. The average molecular weight is 229 g/mol. The highest BCUT2D eigenvalue weighted by Crippen LogP contribution is 2.18. The van der Waals surface area contributed by atoms with Crippen LogP contribution in [-0.4, -0.2) is 19.3 Å². The molecule has 17 heavy (non-hydrogen) atoms. The van der Waals surface area contributed by atoms with E-state index in [0.717, 1.165) is 18.8 Å². The van der Waals surface area contributed by atoms with E-state index in [-0.39, 0.29) is 0 Å². The summed E-state index contributed by atoms with van der Waals surface area (Å²) in [7, 11) is 0. The quantitative estimate of drug-likeness (QED) is 0.790. The van der Waals surface area contributed by atoms with Crippen molar-refractivity contribution >= 4 is 16.5 Å². The number of fused-ring (bicyclic) bond motifs is 1. The van der Waals surface area contributed by atoms with Gasteiger partial charge in [0.25, 0.3) is 0 Å². The molecule has 0 aromatic heterocycles. The maximum atomic E-state index is 5.49. The van der Waals surface area contributed by atoms with Crippen molar-refractivity contribution in [2.45, 2.75) is 20.0 Å². The molecule has 0 unspecified atom stereocenters. The molecule has 0 radical (unpaired) electrons. The summed E-state index contributed by atoms with van der Waals surface area (Å²) in [6.07, 6.45) is 0.299. The summed E-state index contributed by atoms with van der Waals surface area (Å²) >= 11 is 0. The number of benzene rings is 2. The van der Waals surface area contributed by atoms with Crippen LogP contribution in [0, 0.1) is 0 Å². The van der Waals surface area contributed by atoms with E-state index in [1.165, 1.54) is 10.8 Å². The second kappa shape index (κ2) is 5.69. The van der Waals surface area contributed by atoms with E-state index in [1.54, 1.807) is 0 Å². The molecule has 0 atom stereocenters. The number of nitrogens with one attached hydrogen (secondary N) is 1. The van der Waals surface area contributed by atoms with Crippen molar-refractivity contribution in [2.24, 2.45) is 0 Å².